The zero-order valence-electron chi connectivity index (χ0n) is 11.5. The van der Waals surface area contributed by atoms with Gasteiger partial charge in [0.1, 0.15) is 0 Å². The number of nitrogens with two attached hydrogens (primary N) is 1. The molecule has 0 aliphatic heterocycles. The molecule has 0 aliphatic carbocycles. The predicted molar refractivity (Wildman–Crippen MR) is 77.4 cm³/mol. The third kappa shape index (κ3) is 3.56. The number of hydrogen-bond acceptors (Lipinski definition) is 3. The van der Waals surface area contributed by atoms with Crippen LogP contribution < -0.4 is 5.73 Å². The maximum atomic E-state index is 5.67. The lowest BCUT2D eigenvalue weighted by Crippen LogP contribution is -2.08. The fourth-order valence-electron chi connectivity index (χ4n) is 2.27. The van der Waals surface area contributed by atoms with Gasteiger partial charge in [0, 0.05) is 30.8 Å². The molecular formula is C15H22N2O2. The van der Waals surface area contributed by atoms with E-state index in [2.05, 4.69) is 35.0 Å². The molecule has 1 aromatic heterocycles. The zero-order chi connectivity index (χ0) is 13.5. The van der Waals surface area contributed by atoms with E-state index in [9.17, 15) is 0 Å². The highest BCUT2D eigenvalue weighted by Crippen LogP contribution is 2.21. The summed E-state index contributed by atoms with van der Waals surface area (Å²) in [5, 5.41) is 1.30. The summed E-state index contributed by atoms with van der Waals surface area (Å²) < 4.78 is 12.7. The van der Waals surface area contributed by atoms with Crippen LogP contribution in [0.15, 0.2) is 30.5 Å². The topological polar surface area (TPSA) is 49.4 Å². The van der Waals surface area contributed by atoms with E-state index in [1.54, 1.807) is 7.11 Å². The molecule has 0 saturated carbocycles. The number of benzene rings is 1. The van der Waals surface area contributed by atoms with Crippen molar-refractivity contribution in [3.8, 4) is 0 Å². The van der Waals surface area contributed by atoms with Gasteiger partial charge in [-0.2, -0.15) is 0 Å². The molecule has 19 heavy (non-hydrogen) atoms. The molecular weight excluding hydrogens is 240 g/mol. The Balaban J connectivity index is 2.05. The van der Waals surface area contributed by atoms with Crippen molar-refractivity contribution < 1.29 is 9.47 Å². The van der Waals surface area contributed by atoms with Crippen molar-refractivity contribution in [1.82, 2.24) is 4.57 Å². The van der Waals surface area contributed by atoms with Crippen molar-refractivity contribution >= 4 is 10.9 Å². The summed E-state index contributed by atoms with van der Waals surface area (Å²) in [6, 6.07) is 8.44. The minimum absolute atomic E-state index is 0.644. The number of ether oxygens (including phenoxy) is 2. The van der Waals surface area contributed by atoms with Crippen LogP contribution in [0.1, 0.15) is 5.56 Å². The molecule has 4 heteroatoms. The summed E-state index contributed by atoms with van der Waals surface area (Å²) in [4.78, 5) is 0. The Morgan fingerprint density at radius 1 is 1.16 bits per heavy atom. The van der Waals surface area contributed by atoms with Crippen LogP contribution >= 0.6 is 0 Å². The maximum Gasteiger partial charge on any atom is 0.0701 e. The van der Waals surface area contributed by atoms with Gasteiger partial charge in [-0.25, -0.2) is 0 Å². The Morgan fingerprint density at radius 3 is 2.79 bits per heavy atom. The zero-order valence-corrected chi connectivity index (χ0v) is 11.5. The molecule has 104 valence electrons. The average molecular weight is 262 g/mol. The second-order valence-corrected chi connectivity index (χ2v) is 4.51. The van der Waals surface area contributed by atoms with E-state index in [0.717, 1.165) is 13.0 Å². The van der Waals surface area contributed by atoms with Crippen LogP contribution in [0.3, 0.4) is 0 Å². The lowest BCUT2D eigenvalue weighted by atomic mass is 10.1. The van der Waals surface area contributed by atoms with Crippen molar-refractivity contribution in [2.75, 3.05) is 33.5 Å². The molecule has 0 aliphatic rings. The number of hydrogen-bond donors (Lipinski definition) is 1. The summed E-state index contributed by atoms with van der Waals surface area (Å²) in [6.07, 6.45) is 3.11. The van der Waals surface area contributed by atoms with Crippen LogP contribution in [-0.4, -0.2) is 38.0 Å². The molecule has 0 radical (unpaired) electrons. The molecule has 0 amide bonds. The molecule has 0 atom stereocenters. The van der Waals surface area contributed by atoms with Gasteiger partial charge in [0.2, 0.25) is 0 Å². The summed E-state index contributed by atoms with van der Waals surface area (Å²) in [5.74, 6) is 0. The van der Waals surface area contributed by atoms with Gasteiger partial charge in [-0.15, -0.1) is 0 Å². The molecule has 0 saturated heterocycles. The number of rotatable bonds is 8. The Labute approximate surface area is 114 Å². The lowest BCUT2D eigenvalue weighted by molar-refractivity contribution is 0.0670. The first kappa shape index (κ1) is 14.1. The van der Waals surface area contributed by atoms with Crippen molar-refractivity contribution in [3.63, 3.8) is 0 Å². The van der Waals surface area contributed by atoms with Gasteiger partial charge < -0.3 is 19.8 Å². The Kier molecular flexibility index (Phi) is 5.39. The Morgan fingerprint density at radius 2 is 2.00 bits per heavy atom. The molecule has 2 N–H and O–H groups in total. The highest BCUT2D eigenvalue weighted by Gasteiger charge is 2.06. The maximum absolute atomic E-state index is 5.67. The molecule has 0 fully saturated rings. The van der Waals surface area contributed by atoms with E-state index in [1.807, 2.05) is 0 Å². The van der Waals surface area contributed by atoms with Crippen molar-refractivity contribution in [2.45, 2.75) is 13.0 Å². The van der Waals surface area contributed by atoms with E-state index in [1.165, 1.54) is 16.5 Å². The Hall–Kier alpha value is -1.36. The van der Waals surface area contributed by atoms with Crippen molar-refractivity contribution in [2.24, 2.45) is 5.73 Å². The molecule has 1 aromatic carbocycles. The van der Waals surface area contributed by atoms with Crippen LogP contribution in [0.25, 0.3) is 10.9 Å². The summed E-state index contributed by atoms with van der Waals surface area (Å²) in [5.41, 5.74) is 8.23. The smallest absolute Gasteiger partial charge is 0.0701 e. The summed E-state index contributed by atoms with van der Waals surface area (Å²) >= 11 is 0. The first-order chi connectivity index (χ1) is 9.36. The van der Waals surface area contributed by atoms with Gasteiger partial charge in [0.05, 0.1) is 19.8 Å². The largest absolute Gasteiger partial charge is 0.382 e. The van der Waals surface area contributed by atoms with Crippen LogP contribution in [0.4, 0.5) is 0 Å². The molecule has 1 heterocycles. The SMILES string of the molecule is COCCOCCn1cc(CCN)c2ccccc21. The Bertz CT molecular complexity index is 508. The van der Waals surface area contributed by atoms with Gasteiger partial charge in [-0.3, -0.25) is 0 Å². The number of fused-ring (bicyclic) bond motifs is 1. The number of para-hydroxylation sites is 1. The predicted octanol–water partition coefficient (Wildman–Crippen LogP) is 1.81. The van der Waals surface area contributed by atoms with Gasteiger partial charge in [-0.05, 0) is 24.6 Å². The van der Waals surface area contributed by atoms with E-state index < -0.39 is 0 Å². The molecule has 4 nitrogen and oxygen atoms in total. The van der Waals surface area contributed by atoms with Crippen molar-refractivity contribution in [1.29, 1.82) is 0 Å². The molecule has 2 aromatic rings. The first-order valence-electron chi connectivity index (χ1n) is 6.70. The van der Waals surface area contributed by atoms with Crippen LogP contribution in [0, 0.1) is 0 Å². The third-order valence-electron chi connectivity index (χ3n) is 3.19. The minimum atomic E-state index is 0.644. The van der Waals surface area contributed by atoms with Crippen molar-refractivity contribution in [3.05, 3.63) is 36.0 Å². The number of methoxy groups -OCH3 is 1. The van der Waals surface area contributed by atoms with E-state index in [4.69, 9.17) is 15.2 Å². The minimum Gasteiger partial charge on any atom is -0.382 e. The molecule has 0 unspecified atom stereocenters. The number of aromatic nitrogens is 1. The standard InChI is InChI=1S/C15H22N2O2/c1-18-10-11-19-9-8-17-12-13(6-7-16)14-4-2-3-5-15(14)17/h2-5,12H,6-11,16H2,1H3. The number of nitrogens with zero attached hydrogens (tertiary/aromatic N) is 1. The second-order valence-electron chi connectivity index (χ2n) is 4.51. The fraction of sp³-hybridized carbons (Fsp3) is 0.467. The van der Waals surface area contributed by atoms with E-state index in [-0.39, 0.29) is 0 Å². The average Bonchev–Trinajstić information content (AvgIpc) is 2.78. The van der Waals surface area contributed by atoms with Gasteiger partial charge >= 0.3 is 0 Å². The van der Waals surface area contributed by atoms with Gasteiger partial charge in [0.25, 0.3) is 0 Å². The van der Waals surface area contributed by atoms with Crippen LogP contribution in [0.2, 0.25) is 0 Å². The van der Waals surface area contributed by atoms with Gasteiger partial charge in [0.15, 0.2) is 0 Å². The fourth-order valence-corrected chi connectivity index (χ4v) is 2.27. The first-order valence-corrected chi connectivity index (χ1v) is 6.70. The molecule has 0 bridgehead atoms. The second kappa shape index (κ2) is 7.28. The molecule has 0 spiro atoms. The summed E-state index contributed by atoms with van der Waals surface area (Å²) in [6.45, 7) is 3.52. The van der Waals surface area contributed by atoms with E-state index >= 15 is 0 Å². The van der Waals surface area contributed by atoms with Gasteiger partial charge in [-0.1, -0.05) is 18.2 Å². The molecule has 2 rings (SSSR count). The monoisotopic (exact) mass is 262 g/mol. The van der Waals surface area contributed by atoms with Crippen LogP contribution in [-0.2, 0) is 22.4 Å². The highest BCUT2D eigenvalue weighted by molar-refractivity contribution is 5.84. The quantitative estimate of drug-likeness (QED) is 0.738. The third-order valence-corrected chi connectivity index (χ3v) is 3.19. The van der Waals surface area contributed by atoms with E-state index in [0.29, 0.717) is 26.4 Å². The normalized spacial score (nSPS) is 11.3. The lowest BCUT2D eigenvalue weighted by Gasteiger charge is -2.06. The summed E-state index contributed by atoms with van der Waals surface area (Å²) in [7, 11) is 1.68. The van der Waals surface area contributed by atoms with Crippen LogP contribution in [0.5, 0.6) is 0 Å². The highest BCUT2D eigenvalue weighted by atomic mass is 16.5.